The van der Waals surface area contributed by atoms with Gasteiger partial charge in [0, 0.05) is 22.8 Å². The van der Waals surface area contributed by atoms with E-state index in [1.165, 1.54) is 9.75 Å². The number of hydrogen-bond donors (Lipinski definition) is 2. The van der Waals surface area contributed by atoms with E-state index in [-0.39, 0.29) is 24.0 Å². The minimum Gasteiger partial charge on any atom is -0.353 e. The molecule has 0 saturated carbocycles. The van der Waals surface area contributed by atoms with E-state index in [1.54, 1.807) is 0 Å². The monoisotopic (exact) mass is 377 g/mol. The summed E-state index contributed by atoms with van der Waals surface area (Å²) in [6.45, 7) is 2.98. The Morgan fingerprint density at radius 3 is 2.67 bits per heavy atom. The molecule has 1 aliphatic rings. The maximum absolute atomic E-state index is 4.24. The highest BCUT2D eigenvalue weighted by molar-refractivity contribution is 14.0. The molecule has 3 nitrogen and oxygen atoms in total. The fourth-order valence-electron chi connectivity index (χ4n) is 1.87. The number of rotatable bonds is 3. The van der Waals surface area contributed by atoms with Crippen LogP contribution in [-0.2, 0) is 6.54 Å². The first kappa shape index (κ1) is 15.5. The quantitative estimate of drug-likeness (QED) is 0.368. The summed E-state index contributed by atoms with van der Waals surface area (Å²) in [5.74, 6) is 0.893. The van der Waals surface area contributed by atoms with Crippen LogP contribution in [0.15, 0.2) is 29.3 Å². The SMILES string of the molecule is CN=C(NCc1ccc(C)s1)NC1CC=CC1.I. The molecule has 0 fully saturated rings. The molecule has 0 aliphatic heterocycles. The topological polar surface area (TPSA) is 36.4 Å². The van der Waals surface area contributed by atoms with Crippen molar-refractivity contribution in [2.45, 2.75) is 32.4 Å². The van der Waals surface area contributed by atoms with E-state index in [9.17, 15) is 0 Å². The van der Waals surface area contributed by atoms with Crippen molar-refractivity contribution in [2.24, 2.45) is 4.99 Å². The molecule has 1 heterocycles. The molecule has 1 aliphatic carbocycles. The summed E-state index contributed by atoms with van der Waals surface area (Å²) in [4.78, 5) is 6.94. The molecule has 2 N–H and O–H groups in total. The van der Waals surface area contributed by atoms with E-state index >= 15 is 0 Å². The Morgan fingerprint density at radius 1 is 1.39 bits per heavy atom. The van der Waals surface area contributed by atoms with E-state index in [0.717, 1.165) is 25.3 Å². The van der Waals surface area contributed by atoms with Crippen LogP contribution in [0.5, 0.6) is 0 Å². The van der Waals surface area contributed by atoms with Gasteiger partial charge in [0.2, 0.25) is 0 Å². The molecule has 0 bridgehead atoms. The molecule has 0 aromatic carbocycles. The van der Waals surface area contributed by atoms with Crippen LogP contribution in [0.4, 0.5) is 0 Å². The summed E-state index contributed by atoms with van der Waals surface area (Å²) < 4.78 is 0. The molecule has 1 aromatic heterocycles. The second kappa shape index (κ2) is 7.78. The third-order valence-electron chi connectivity index (χ3n) is 2.80. The summed E-state index contributed by atoms with van der Waals surface area (Å²) in [5.41, 5.74) is 0. The van der Waals surface area contributed by atoms with Crippen LogP contribution in [0, 0.1) is 6.92 Å². The summed E-state index contributed by atoms with van der Waals surface area (Å²) in [5, 5.41) is 6.77. The van der Waals surface area contributed by atoms with Crippen molar-refractivity contribution in [3.8, 4) is 0 Å². The predicted octanol–water partition coefficient (Wildman–Crippen LogP) is 3.06. The van der Waals surface area contributed by atoms with Gasteiger partial charge in [-0.15, -0.1) is 35.3 Å². The van der Waals surface area contributed by atoms with Gasteiger partial charge in [-0.3, -0.25) is 4.99 Å². The fraction of sp³-hybridized carbons (Fsp3) is 0.462. The number of nitrogens with zero attached hydrogens (tertiary/aromatic N) is 1. The largest absolute Gasteiger partial charge is 0.353 e. The Labute approximate surface area is 130 Å². The van der Waals surface area contributed by atoms with Crippen LogP contribution in [0.25, 0.3) is 0 Å². The molecular formula is C13H20IN3S. The van der Waals surface area contributed by atoms with Gasteiger partial charge >= 0.3 is 0 Å². The lowest BCUT2D eigenvalue weighted by Crippen LogP contribution is -2.41. The van der Waals surface area contributed by atoms with Crippen molar-refractivity contribution in [1.29, 1.82) is 0 Å². The average molecular weight is 377 g/mol. The summed E-state index contributed by atoms with van der Waals surface area (Å²) in [6, 6.07) is 4.82. The molecule has 0 unspecified atom stereocenters. The number of nitrogens with one attached hydrogen (secondary N) is 2. The lowest BCUT2D eigenvalue weighted by atomic mass is 10.2. The van der Waals surface area contributed by atoms with Crippen molar-refractivity contribution in [2.75, 3.05) is 7.05 Å². The number of hydrogen-bond acceptors (Lipinski definition) is 2. The van der Waals surface area contributed by atoms with Gasteiger partial charge in [0.15, 0.2) is 5.96 Å². The van der Waals surface area contributed by atoms with Gasteiger partial charge in [0.25, 0.3) is 0 Å². The highest BCUT2D eigenvalue weighted by Crippen LogP contribution is 2.14. The van der Waals surface area contributed by atoms with Crippen LogP contribution in [-0.4, -0.2) is 19.0 Å². The average Bonchev–Trinajstić information content (AvgIpc) is 2.96. The number of aliphatic imine (C=N–C) groups is 1. The van der Waals surface area contributed by atoms with Gasteiger partial charge in [-0.1, -0.05) is 12.2 Å². The van der Waals surface area contributed by atoms with E-state index in [1.807, 2.05) is 18.4 Å². The van der Waals surface area contributed by atoms with Gasteiger partial charge in [-0.2, -0.15) is 0 Å². The van der Waals surface area contributed by atoms with Gasteiger partial charge < -0.3 is 10.6 Å². The summed E-state index contributed by atoms with van der Waals surface area (Å²) in [7, 11) is 1.82. The normalized spacial score (nSPS) is 15.6. The third-order valence-corrected chi connectivity index (χ3v) is 3.80. The Hall–Kier alpha value is -0.560. The first-order valence-corrected chi connectivity index (χ1v) is 6.77. The Morgan fingerprint density at radius 2 is 2.11 bits per heavy atom. The molecule has 0 spiro atoms. The molecule has 1 aromatic rings. The number of thiophene rings is 1. The number of guanidine groups is 1. The van der Waals surface area contributed by atoms with E-state index in [0.29, 0.717) is 6.04 Å². The lowest BCUT2D eigenvalue weighted by molar-refractivity contribution is 0.633. The first-order chi connectivity index (χ1) is 8.28. The van der Waals surface area contributed by atoms with Crippen molar-refractivity contribution < 1.29 is 0 Å². The van der Waals surface area contributed by atoms with E-state index in [4.69, 9.17) is 0 Å². The molecule has 2 rings (SSSR count). The van der Waals surface area contributed by atoms with Gasteiger partial charge in [0.1, 0.15) is 0 Å². The standard InChI is InChI=1S/C13H19N3S.HI/c1-10-7-8-12(17-10)9-15-13(14-2)16-11-5-3-4-6-11;/h3-4,7-8,11H,5-6,9H2,1-2H3,(H2,14,15,16);1H. The minimum atomic E-state index is 0. The second-order valence-electron chi connectivity index (χ2n) is 4.22. The predicted molar refractivity (Wildman–Crippen MR) is 90.0 cm³/mol. The molecule has 0 saturated heterocycles. The summed E-state index contributed by atoms with van der Waals surface area (Å²) in [6.07, 6.45) is 6.62. The zero-order valence-corrected chi connectivity index (χ0v) is 13.9. The third kappa shape index (κ3) is 4.61. The van der Waals surface area contributed by atoms with E-state index in [2.05, 4.69) is 46.8 Å². The smallest absolute Gasteiger partial charge is 0.191 e. The zero-order chi connectivity index (χ0) is 12.1. The van der Waals surface area contributed by atoms with Crippen molar-refractivity contribution in [3.05, 3.63) is 34.0 Å². The van der Waals surface area contributed by atoms with Crippen LogP contribution in [0.3, 0.4) is 0 Å². The van der Waals surface area contributed by atoms with E-state index < -0.39 is 0 Å². The molecule has 5 heteroatoms. The fourth-order valence-corrected chi connectivity index (χ4v) is 2.70. The van der Waals surface area contributed by atoms with Crippen molar-refractivity contribution in [3.63, 3.8) is 0 Å². The Kier molecular flexibility index (Phi) is 6.70. The molecule has 0 atom stereocenters. The minimum absolute atomic E-state index is 0. The van der Waals surface area contributed by atoms with Crippen LogP contribution in [0.1, 0.15) is 22.6 Å². The van der Waals surface area contributed by atoms with Crippen LogP contribution >= 0.6 is 35.3 Å². The second-order valence-corrected chi connectivity index (χ2v) is 5.59. The number of aryl methyl sites for hydroxylation is 1. The van der Waals surface area contributed by atoms with Gasteiger partial charge in [-0.05, 0) is 31.9 Å². The maximum Gasteiger partial charge on any atom is 0.191 e. The molecule has 0 amide bonds. The van der Waals surface area contributed by atoms with Gasteiger partial charge in [-0.25, -0.2) is 0 Å². The first-order valence-electron chi connectivity index (χ1n) is 5.95. The zero-order valence-electron chi connectivity index (χ0n) is 10.8. The summed E-state index contributed by atoms with van der Waals surface area (Å²) >= 11 is 1.83. The molecule has 100 valence electrons. The highest BCUT2D eigenvalue weighted by atomic mass is 127. The Bertz CT molecular complexity index is 418. The van der Waals surface area contributed by atoms with Crippen molar-refractivity contribution in [1.82, 2.24) is 10.6 Å². The molecular weight excluding hydrogens is 357 g/mol. The maximum atomic E-state index is 4.24. The van der Waals surface area contributed by atoms with Crippen LogP contribution in [0.2, 0.25) is 0 Å². The van der Waals surface area contributed by atoms with Crippen molar-refractivity contribution >= 4 is 41.3 Å². The molecule has 0 radical (unpaired) electrons. The lowest BCUT2D eigenvalue weighted by Gasteiger charge is -2.16. The van der Waals surface area contributed by atoms with Crippen LogP contribution < -0.4 is 10.6 Å². The molecule has 18 heavy (non-hydrogen) atoms. The van der Waals surface area contributed by atoms with Gasteiger partial charge in [0.05, 0.1) is 6.54 Å². The number of halogens is 1. The Balaban J connectivity index is 0.00000162. The highest BCUT2D eigenvalue weighted by Gasteiger charge is 2.11.